The van der Waals surface area contributed by atoms with E-state index in [4.69, 9.17) is 21.1 Å². The lowest BCUT2D eigenvalue weighted by Crippen LogP contribution is -2.18. The Morgan fingerprint density at radius 3 is 2.65 bits per heavy atom. The largest absolute Gasteiger partial charge is 0.480 e. The van der Waals surface area contributed by atoms with Gasteiger partial charge in [-0.25, -0.2) is 4.79 Å². The van der Waals surface area contributed by atoms with Crippen molar-refractivity contribution in [3.8, 4) is 11.5 Å². The van der Waals surface area contributed by atoms with Crippen molar-refractivity contribution in [2.24, 2.45) is 0 Å². The van der Waals surface area contributed by atoms with Crippen LogP contribution in [0, 0.1) is 6.92 Å². The van der Waals surface area contributed by atoms with Crippen LogP contribution in [0.3, 0.4) is 0 Å². The molecule has 0 fully saturated rings. The summed E-state index contributed by atoms with van der Waals surface area (Å²) in [4.78, 5) is 11.7. The van der Waals surface area contributed by atoms with Crippen LogP contribution in [0.1, 0.15) is 5.56 Å². The van der Waals surface area contributed by atoms with E-state index >= 15 is 0 Å². The monoisotopic (exact) mass is 354 g/mol. The molecule has 0 bridgehead atoms. The zero-order valence-electron chi connectivity index (χ0n) is 10.7. The molecule has 5 heteroatoms. The lowest BCUT2D eigenvalue weighted by Gasteiger charge is -2.09. The van der Waals surface area contributed by atoms with Crippen LogP contribution in [-0.2, 0) is 4.79 Å². The summed E-state index contributed by atoms with van der Waals surface area (Å²) in [6.07, 6.45) is 0. The highest BCUT2D eigenvalue weighted by Gasteiger charge is 2.09. The van der Waals surface area contributed by atoms with Gasteiger partial charge >= 0.3 is 5.97 Å². The molecule has 3 nitrogen and oxygen atoms in total. The number of benzene rings is 2. The maximum absolute atomic E-state index is 11.7. The molecule has 0 N–H and O–H groups in total. The van der Waals surface area contributed by atoms with Gasteiger partial charge in [0.05, 0.1) is 5.02 Å². The molecular formula is C15H12BrClO3. The minimum atomic E-state index is -0.474. The molecular weight excluding hydrogens is 344 g/mol. The standard InChI is InChI=1S/C15H12BrClO3/c1-10-4-2-3-5-13(10)20-15(18)9-19-14-7-6-11(16)8-12(14)17/h2-8H,9H2,1H3. The Balaban J connectivity index is 1.94. The van der Waals surface area contributed by atoms with Crippen LogP contribution >= 0.6 is 27.5 Å². The van der Waals surface area contributed by atoms with Gasteiger partial charge in [-0.1, -0.05) is 45.7 Å². The highest BCUT2D eigenvalue weighted by molar-refractivity contribution is 9.10. The molecule has 0 saturated heterocycles. The van der Waals surface area contributed by atoms with Crippen LogP contribution in [0.2, 0.25) is 5.02 Å². The average molecular weight is 356 g/mol. The van der Waals surface area contributed by atoms with E-state index < -0.39 is 5.97 Å². The minimum absolute atomic E-state index is 0.199. The normalized spacial score (nSPS) is 10.2. The highest BCUT2D eigenvalue weighted by Crippen LogP contribution is 2.27. The maximum Gasteiger partial charge on any atom is 0.349 e. The Hall–Kier alpha value is -1.52. The summed E-state index contributed by atoms with van der Waals surface area (Å²) in [7, 11) is 0. The highest BCUT2D eigenvalue weighted by atomic mass is 79.9. The number of aryl methyl sites for hydroxylation is 1. The van der Waals surface area contributed by atoms with E-state index in [1.807, 2.05) is 25.1 Å². The molecule has 2 aromatic carbocycles. The summed E-state index contributed by atoms with van der Waals surface area (Å²) < 4.78 is 11.4. The predicted molar refractivity (Wildman–Crippen MR) is 81.5 cm³/mol. The first-order valence-electron chi connectivity index (χ1n) is 5.90. The van der Waals surface area contributed by atoms with Crippen LogP contribution in [0.25, 0.3) is 0 Å². The number of hydrogen-bond donors (Lipinski definition) is 0. The van der Waals surface area contributed by atoms with Crippen LogP contribution in [0.15, 0.2) is 46.9 Å². The molecule has 0 heterocycles. The number of carbonyl (C=O) groups excluding carboxylic acids is 1. The zero-order chi connectivity index (χ0) is 14.5. The second-order valence-corrected chi connectivity index (χ2v) is 5.43. The van der Waals surface area contributed by atoms with Crippen molar-refractivity contribution in [1.82, 2.24) is 0 Å². The lowest BCUT2D eigenvalue weighted by molar-refractivity contribution is -0.136. The number of ether oxygens (including phenoxy) is 2. The third-order valence-corrected chi connectivity index (χ3v) is 3.35. The van der Waals surface area contributed by atoms with Crippen LogP contribution < -0.4 is 9.47 Å². The molecule has 0 aliphatic rings. The molecule has 2 rings (SSSR count). The summed E-state index contributed by atoms with van der Waals surface area (Å²) in [5.41, 5.74) is 0.891. The van der Waals surface area contributed by atoms with Gasteiger partial charge in [0.1, 0.15) is 11.5 Å². The quantitative estimate of drug-likeness (QED) is 0.602. The van der Waals surface area contributed by atoms with Crippen LogP contribution in [-0.4, -0.2) is 12.6 Å². The van der Waals surface area contributed by atoms with Crippen molar-refractivity contribution in [1.29, 1.82) is 0 Å². The Morgan fingerprint density at radius 1 is 1.20 bits per heavy atom. The summed E-state index contributed by atoms with van der Waals surface area (Å²) in [6, 6.07) is 12.5. The first-order valence-corrected chi connectivity index (χ1v) is 7.07. The number of halogens is 2. The van der Waals surface area contributed by atoms with Crippen molar-refractivity contribution in [3.05, 3.63) is 57.5 Å². The molecule has 0 radical (unpaired) electrons. The number of carbonyl (C=O) groups is 1. The fourth-order valence-electron chi connectivity index (χ4n) is 1.55. The summed E-state index contributed by atoms with van der Waals surface area (Å²) in [6.45, 7) is 1.67. The van der Waals surface area contributed by atoms with Crippen molar-refractivity contribution in [2.75, 3.05) is 6.61 Å². The van der Waals surface area contributed by atoms with E-state index in [0.717, 1.165) is 10.0 Å². The van der Waals surface area contributed by atoms with Gasteiger partial charge in [-0.15, -0.1) is 0 Å². The number of para-hydroxylation sites is 1. The molecule has 0 aromatic heterocycles. The van der Waals surface area contributed by atoms with Gasteiger partial charge in [0.2, 0.25) is 0 Å². The average Bonchev–Trinajstić information content (AvgIpc) is 2.40. The second kappa shape index (κ2) is 6.77. The molecule has 0 saturated carbocycles. The van der Waals surface area contributed by atoms with E-state index in [0.29, 0.717) is 16.5 Å². The lowest BCUT2D eigenvalue weighted by atomic mass is 10.2. The van der Waals surface area contributed by atoms with E-state index in [2.05, 4.69) is 15.9 Å². The molecule has 104 valence electrons. The Labute approximate surface area is 130 Å². The fraction of sp³-hybridized carbons (Fsp3) is 0.133. The van der Waals surface area contributed by atoms with E-state index in [1.54, 1.807) is 24.3 Å². The van der Waals surface area contributed by atoms with Crippen molar-refractivity contribution in [2.45, 2.75) is 6.92 Å². The summed E-state index contributed by atoms with van der Waals surface area (Å²) >= 11 is 9.29. The second-order valence-electron chi connectivity index (χ2n) is 4.10. The van der Waals surface area contributed by atoms with Crippen molar-refractivity contribution in [3.63, 3.8) is 0 Å². The van der Waals surface area contributed by atoms with Crippen LogP contribution in [0.4, 0.5) is 0 Å². The van der Waals surface area contributed by atoms with Gasteiger partial charge in [0, 0.05) is 4.47 Å². The predicted octanol–water partition coefficient (Wildman–Crippen LogP) is 4.40. The smallest absolute Gasteiger partial charge is 0.349 e. The van der Waals surface area contributed by atoms with E-state index in [9.17, 15) is 4.79 Å². The van der Waals surface area contributed by atoms with E-state index in [-0.39, 0.29) is 6.61 Å². The summed E-state index contributed by atoms with van der Waals surface area (Å²) in [5, 5.41) is 0.433. The molecule has 2 aromatic rings. The molecule has 0 spiro atoms. The van der Waals surface area contributed by atoms with Crippen LogP contribution in [0.5, 0.6) is 11.5 Å². The van der Waals surface area contributed by atoms with E-state index in [1.165, 1.54) is 0 Å². The molecule has 0 amide bonds. The van der Waals surface area contributed by atoms with Gasteiger partial charge < -0.3 is 9.47 Å². The topological polar surface area (TPSA) is 35.5 Å². The maximum atomic E-state index is 11.7. The SMILES string of the molecule is Cc1ccccc1OC(=O)COc1ccc(Br)cc1Cl. The summed E-state index contributed by atoms with van der Waals surface area (Å²) in [5.74, 6) is 0.498. The Kier molecular flexibility index (Phi) is 5.04. The van der Waals surface area contributed by atoms with Crippen molar-refractivity contribution >= 4 is 33.5 Å². The third-order valence-electron chi connectivity index (χ3n) is 2.56. The molecule has 20 heavy (non-hydrogen) atoms. The first-order chi connectivity index (χ1) is 9.56. The molecule has 0 atom stereocenters. The minimum Gasteiger partial charge on any atom is -0.480 e. The molecule has 0 aliphatic heterocycles. The number of esters is 1. The van der Waals surface area contributed by atoms with Gasteiger partial charge in [-0.3, -0.25) is 0 Å². The first kappa shape index (κ1) is 14.9. The van der Waals surface area contributed by atoms with Crippen molar-refractivity contribution < 1.29 is 14.3 Å². The fourth-order valence-corrected chi connectivity index (χ4v) is 2.28. The molecule has 0 aliphatic carbocycles. The van der Waals surface area contributed by atoms with Gasteiger partial charge in [0.15, 0.2) is 6.61 Å². The molecule has 0 unspecified atom stereocenters. The van der Waals surface area contributed by atoms with Gasteiger partial charge in [0.25, 0.3) is 0 Å². The zero-order valence-corrected chi connectivity index (χ0v) is 13.1. The Bertz CT molecular complexity index is 628. The van der Waals surface area contributed by atoms with Gasteiger partial charge in [-0.05, 0) is 36.8 Å². The van der Waals surface area contributed by atoms with Gasteiger partial charge in [-0.2, -0.15) is 0 Å². The Morgan fingerprint density at radius 2 is 1.95 bits per heavy atom. The number of hydrogen-bond acceptors (Lipinski definition) is 3. The third kappa shape index (κ3) is 3.99. The number of rotatable bonds is 4.